The number of allylic oxidation sites excluding steroid dienone is 3. The van der Waals surface area contributed by atoms with Gasteiger partial charge in [0.25, 0.3) is 0 Å². The molecule has 0 aromatic heterocycles. The molecule has 6 atom stereocenters. The molecule has 416 valence electrons. The molecular formula is C60H110O11. The average molecular weight is 1010 g/mol. The Morgan fingerprint density at radius 2 is 0.704 bits per heavy atom. The Morgan fingerprint density at radius 3 is 1.07 bits per heavy atom. The first-order chi connectivity index (χ1) is 34.6. The van der Waals surface area contributed by atoms with Crippen molar-refractivity contribution in [3.63, 3.8) is 0 Å². The Kier molecular flexibility index (Phi) is 50.4. The van der Waals surface area contributed by atoms with Gasteiger partial charge in [0.2, 0.25) is 0 Å². The lowest BCUT2D eigenvalue weighted by Crippen LogP contribution is -2.41. The van der Waals surface area contributed by atoms with Gasteiger partial charge in [-0.15, -0.1) is 0 Å². The maximum atomic E-state index is 13.2. The molecule has 0 aromatic rings. The largest absolute Gasteiger partial charge is 0.462 e. The van der Waals surface area contributed by atoms with Gasteiger partial charge in [-0.25, -0.2) is 0 Å². The number of aliphatic hydroxyl groups excluding tert-OH is 5. The number of rotatable bonds is 53. The predicted octanol–water partition coefficient (Wildman–Crippen LogP) is 14.1. The van der Waals surface area contributed by atoms with E-state index in [-0.39, 0.29) is 50.6 Å². The van der Waals surface area contributed by atoms with E-state index < -0.39 is 42.8 Å². The summed E-state index contributed by atoms with van der Waals surface area (Å²) in [6, 6.07) is 0. The smallest absolute Gasteiger partial charge is 0.306 e. The van der Waals surface area contributed by atoms with Gasteiger partial charge in [0.05, 0.1) is 31.0 Å². The summed E-state index contributed by atoms with van der Waals surface area (Å²) < 4.78 is 17.3. The summed E-state index contributed by atoms with van der Waals surface area (Å²) in [6.07, 6.45) is 44.0. The number of aliphatic hydroxyl groups is 5. The number of hydrogen-bond acceptors (Lipinski definition) is 11. The van der Waals surface area contributed by atoms with E-state index in [1.807, 2.05) is 0 Å². The van der Waals surface area contributed by atoms with E-state index in [0.717, 1.165) is 135 Å². The Hall–Kier alpha value is -2.57. The van der Waals surface area contributed by atoms with E-state index in [0.29, 0.717) is 38.5 Å². The van der Waals surface area contributed by atoms with E-state index in [1.165, 1.54) is 57.8 Å². The molecule has 11 heteroatoms. The molecule has 0 saturated carbocycles. The summed E-state index contributed by atoms with van der Waals surface area (Å²) in [6.45, 7) is 5.67. The standard InChI is InChI=1S/C60H110O11/c1-4-7-10-31-40-52(62)43-34-25-19-13-16-22-28-37-46-58(66)69-51-57(71-60(68)48-39-30-24-18-15-21-27-36-45-54(64)42-33-12-9-6-3)56(49-55(65)50-61)70-59(67)47-38-29-23-17-14-20-26-35-44-53(63)41-32-11-8-5-2/h25-27,34-36,52-57,61-65H,4-24,28-33,37-51H2,1-3H3/t52-,53-,54-,55?,56?,57?/m1/s1. The first-order valence-electron chi connectivity index (χ1n) is 29.4. The molecule has 11 nitrogen and oxygen atoms in total. The minimum absolute atomic E-state index is 0.150. The molecule has 0 radical (unpaired) electrons. The van der Waals surface area contributed by atoms with E-state index in [9.17, 15) is 39.9 Å². The van der Waals surface area contributed by atoms with Crippen molar-refractivity contribution in [1.82, 2.24) is 0 Å². The van der Waals surface area contributed by atoms with Crippen molar-refractivity contribution in [2.75, 3.05) is 13.2 Å². The number of unbranched alkanes of at least 4 members (excludes halogenated alkanes) is 24. The minimum atomic E-state index is -1.23. The zero-order valence-electron chi connectivity index (χ0n) is 45.8. The van der Waals surface area contributed by atoms with Crippen LogP contribution in [0.3, 0.4) is 0 Å². The van der Waals surface area contributed by atoms with Crippen LogP contribution in [-0.2, 0) is 28.6 Å². The molecule has 0 rings (SSSR count). The van der Waals surface area contributed by atoms with E-state index in [2.05, 4.69) is 57.2 Å². The molecule has 0 aliphatic rings. The normalized spacial score (nSPS) is 14.5. The van der Waals surface area contributed by atoms with Gasteiger partial charge < -0.3 is 39.7 Å². The maximum Gasteiger partial charge on any atom is 0.306 e. The molecule has 0 aliphatic heterocycles. The van der Waals surface area contributed by atoms with Crippen LogP contribution in [0.4, 0.5) is 0 Å². The van der Waals surface area contributed by atoms with Crippen molar-refractivity contribution < 1.29 is 54.1 Å². The van der Waals surface area contributed by atoms with Gasteiger partial charge in [-0.1, -0.05) is 192 Å². The van der Waals surface area contributed by atoms with Gasteiger partial charge in [0.15, 0.2) is 6.10 Å². The Balaban J connectivity index is 5.03. The lowest BCUT2D eigenvalue weighted by molar-refractivity contribution is -0.178. The molecule has 0 heterocycles. The third kappa shape index (κ3) is 48.1. The molecule has 0 aromatic carbocycles. The highest BCUT2D eigenvalue weighted by Gasteiger charge is 2.32. The molecule has 3 unspecified atom stereocenters. The van der Waals surface area contributed by atoms with Crippen LogP contribution in [-0.4, -0.2) is 93.3 Å². The van der Waals surface area contributed by atoms with Gasteiger partial charge >= 0.3 is 17.9 Å². The first kappa shape index (κ1) is 68.4. The third-order valence-electron chi connectivity index (χ3n) is 13.3. The monoisotopic (exact) mass is 1010 g/mol. The van der Waals surface area contributed by atoms with Crippen molar-refractivity contribution >= 4 is 17.9 Å². The third-order valence-corrected chi connectivity index (χ3v) is 13.3. The number of carbonyl (C=O) groups excluding carboxylic acids is 3. The Morgan fingerprint density at radius 1 is 0.380 bits per heavy atom. The van der Waals surface area contributed by atoms with Gasteiger partial charge in [-0.05, 0) is 96.3 Å². The van der Waals surface area contributed by atoms with Crippen LogP contribution in [0.5, 0.6) is 0 Å². The summed E-state index contributed by atoms with van der Waals surface area (Å²) >= 11 is 0. The van der Waals surface area contributed by atoms with Gasteiger partial charge in [-0.3, -0.25) is 14.4 Å². The summed E-state index contributed by atoms with van der Waals surface area (Å²) in [7, 11) is 0. The van der Waals surface area contributed by atoms with E-state index in [4.69, 9.17) is 14.2 Å². The van der Waals surface area contributed by atoms with Crippen molar-refractivity contribution in [3.8, 4) is 0 Å². The number of esters is 3. The quantitative estimate of drug-likeness (QED) is 0.0169. The van der Waals surface area contributed by atoms with Crippen molar-refractivity contribution in [2.24, 2.45) is 0 Å². The maximum absolute atomic E-state index is 13.2. The van der Waals surface area contributed by atoms with Gasteiger partial charge in [0, 0.05) is 25.7 Å². The first-order valence-corrected chi connectivity index (χ1v) is 29.4. The second-order valence-corrected chi connectivity index (χ2v) is 20.4. The highest BCUT2D eigenvalue weighted by atomic mass is 16.6. The summed E-state index contributed by atoms with van der Waals surface area (Å²) in [4.78, 5) is 39.3. The Labute approximate surface area is 434 Å². The topological polar surface area (TPSA) is 180 Å². The van der Waals surface area contributed by atoms with Gasteiger partial charge in [0.1, 0.15) is 12.7 Å². The molecule has 0 saturated heterocycles. The lowest BCUT2D eigenvalue weighted by Gasteiger charge is -2.28. The second-order valence-electron chi connectivity index (χ2n) is 20.4. The molecule has 0 bridgehead atoms. The molecule has 0 spiro atoms. The molecule has 5 N–H and O–H groups in total. The highest BCUT2D eigenvalue weighted by molar-refractivity contribution is 5.71. The van der Waals surface area contributed by atoms with Crippen LogP contribution in [0, 0.1) is 0 Å². The second kappa shape index (κ2) is 52.3. The van der Waals surface area contributed by atoms with Crippen LogP contribution in [0.25, 0.3) is 0 Å². The number of carbonyl (C=O) groups is 3. The van der Waals surface area contributed by atoms with Crippen LogP contribution < -0.4 is 0 Å². The van der Waals surface area contributed by atoms with Gasteiger partial charge in [-0.2, -0.15) is 0 Å². The summed E-state index contributed by atoms with van der Waals surface area (Å²) in [5.41, 5.74) is 0. The molecular weight excluding hydrogens is 897 g/mol. The van der Waals surface area contributed by atoms with Crippen LogP contribution in [0.15, 0.2) is 36.5 Å². The van der Waals surface area contributed by atoms with Crippen molar-refractivity contribution in [1.29, 1.82) is 0 Å². The van der Waals surface area contributed by atoms with Crippen LogP contribution in [0.2, 0.25) is 0 Å². The van der Waals surface area contributed by atoms with Crippen molar-refractivity contribution in [3.05, 3.63) is 36.5 Å². The average Bonchev–Trinajstić information content (AvgIpc) is 3.35. The highest BCUT2D eigenvalue weighted by Crippen LogP contribution is 2.19. The lowest BCUT2D eigenvalue weighted by atomic mass is 10.1. The van der Waals surface area contributed by atoms with E-state index in [1.54, 1.807) is 0 Å². The van der Waals surface area contributed by atoms with E-state index >= 15 is 0 Å². The summed E-state index contributed by atoms with van der Waals surface area (Å²) in [5.74, 6) is -1.43. The van der Waals surface area contributed by atoms with Crippen LogP contribution >= 0.6 is 0 Å². The fourth-order valence-corrected chi connectivity index (χ4v) is 8.61. The Bertz CT molecular complexity index is 1280. The molecule has 71 heavy (non-hydrogen) atoms. The zero-order chi connectivity index (χ0) is 52.3. The fourth-order valence-electron chi connectivity index (χ4n) is 8.61. The predicted molar refractivity (Wildman–Crippen MR) is 291 cm³/mol. The minimum Gasteiger partial charge on any atom is -0.462 e. The van der Waals surface area contributed by atoms with Crippen molar-refractivity contribution in [2.45, 2.75) is 314 Å². The van der Waals surface area contributed by atoms with Crippen LogP contribution in [0.1, 0.15) is 278 Å². The molecule has 0 fully saturated rings. The SMILES string of the molecule is CCCCCC[C@@H](O)CC=CCCCCCCCC(=O)OCC(OC(=O)CCCCCCCC=CC[C@H](O)CCCCCC)C(CC(O)CO)OC(=O)CCCCCCCC=CC[C@H](O)CCCCCC. The number of ether oxygens (including phenoxy) is 3. The number of hydrogen-bond donors (Lipinski definition) is 5. The molecule has 0 aliphatic carbocycles. The zero-order valence-corrected chi connectivity index (χ0v) is 45.8. The fraction of sp³-hybridized carbons (Fsp3) is 0.850. The summed E-state index contributed by atoms with van der Waals surface area (Å²) in [5, 5.41) is 50.7. The molecule has 0 amide bonds.